The van der Waals surface area contributed by atoms with Crippen LogP contribution in [0, 0.1) is 13.8 Å². The molecule has 1 aliphatic heterocycles. The van der Waals surface area contributed by atoms with Crippen molar-refractivity contribution in [2.24, 2.45) is 0 Å². The van der Waals surface area contributed by atoms with Gasteiger partial charge in [0.2, 0.25) is 5.91 Å². The normalized spacial score (nSPS) is 18.8. The predicted molar refractivity (Wildman–Crippen MR) is 74.2 cm³/mol. The SMILES string of the molecule is [CH2-]CN(C[CH2-])C(=O)CCCC[C@@H]1CCSS1.[Y]. The van der Waals surface area contributed by atoms with Crippen LogP contribution in [0.3, 0.4) is 0 Å². The van der Waals surface area contributed by atoms with E-state index in [1.54, 1.807) is 4.90 Å². The maximum absolute atomic E-state index is 11.6. The number of unbranched alkanes of at least 4 members (excludes halogenated alkanes) is 1. The van der Waals surface area contributed by atoms with Crippen LogP contribution in [0.1, 0.15) is 32.1 Å². The fourth-order valence-electron chi connectivity index (χ4n) is 1.73. The monoisotopic (exact) mass is 348 g/mol. The Balaban J connectivity index is 0.00000256. The number of nitrogens with zero attached hydrogens (tertiary/aromatic N) is 1. The average molecular weight is 348 g/mol. The average Bonchev–Trinajstić information content (AvgIpc) is 2.79. The van der Waals surface area contributed by atoms with E-state index < -0.39 is 0 Å². The molecule has 1 saturated heterocycles. The topological polar surface area (TPSA) is 20.3 Å². The zero-order chi connectivity index (χ0) is 11.8. The summed E-state index contributed by atoms with van der Waals surface area (Å²) in [5.41, 5.74) is 0. The molecule has 0 N–H and O–H groups in total. The van der Waals surface area contributed by atoms with Gasteiger partial charge in [0.15, 0.2) is 0 Å². The van der Waals surface area contributed by atoms with Crippen LogP contribution < -0.4 is 0 Å². The van der Waals surface area contributed by atoms with Crippen LogP contribution in [0.15, 0.2) is 0 Å². The molecule has 1 atom stereocenters. The van der Waals surface area contributed by atoms with Gasteiger partial charge in [-0.05, 0) is 19.3 Å². The largest absolute Gasteiger partial charge is 0.403 e. The van der Waals surface area contributed by atoms with E-state index in [2.05, 4.69) is 13.8 Å². The zero-order valence-corrected chi connectivity index (χ0v) is 14.9. The van der Waals surface area contributed by atoms with Crippen molar-refractivity contribution >= 4 is 27.5 Å². The molecule has 1 aliphatic rings. The summed E-state index contributed by atoms with van der Waals surface area (Å²) < 4.78 is 0. The molecule has 0 unspecified atom stereocenters. The number of carbonyl (C=O) groups is 1. The van der Waals surface area contributed by atoms with Crippen molar-refractivity contribution in [1.82, 2.24) is 4.90 Å². The van der Waals surface area contributed by atoms with Gasteiger partial charge >= 0.3 is 0 Å². The van der Waals surface area contributed by atoms with Gasteiger partial charge in [-0.25, -0.2) is 0 Å². The summed E-state index contributed by atoms with van der Waals surface area (Å²) in [6.45, 7) is 8.53. The van der Waals surface area contributed by atoms with Crippen LogP contribution >= 0.6 is 21.6 Å². The third kappa shape index (κ3) is 7.44. The summed E-state index contributed by atoms with van der Waals surface area (Å²) in [5, 5.41) is 0.830. The van der Waals surface area contributed by atoms with Crippen molar-refractivity contribution in [2.45, 2.75) is 37.4 Å². The molecule has 0 aliphatic carbocycles. The second-order valence-corrected chi connectivity index (χ2v) is 6.74. The molecule has 0 aromatic carbocycles. The first-order valence-electron chi connectivity index (χ1n) is 5.92. The molecule has 2 nitrogen and oxygen atoms in total. The van der Waals surface area contributed by atoms with Gasteiger partial charge in [0.25, 0.3) is 0 Å². The molecule has 0 aromatic heterocycles. The molecule has 0 aromatic rings. The Labute approximate surface area is 139 Å². The predicted octanol–water partition coefficient (Wildman–Crippen LogP) is 3.19. The van der Waals surface area contributed by atoms with Gasteiger partial charge in [-0.1, -0.05) is 28.0 Å². The summed E-state index contributed by atoms with van der Waals surface area (Å²) in [6, 6.07) is 0. The molecular weight excluding hydrogens is 327 g/mol. The van der Waals surface area contributed by atoms with Gasteiger partial charge in [0, 0.05) is 50.1 Å². The number of hydrogen-bond acceptors (Lipinski definition) is 3. The standard InChI is InChI=1S/C12H21NOS2.Y/c1-3-13(4-2)12(14)8-6-5-7-11-9-10-15-16-11;/h11H,1-10H2;/q-2;/t11-;/m1./s1. The molecule has 1 heterocycles. The third-order valence-electron chi connectivity index (χ3n) is 2.79. The Morgan fingerprint density at radius 1 is 1.29 bits per heavy atom. The molecule has 1 fully saturated rings. The van der Waals surface area contributed by atoms with E-state index in [0.717, 1.165) is 11.7 Å². The van der Waals surface area contributed by atoms with Crippen molar-refractivity contribution in [3.63, 3.8) is 0 Å². The first kappa shape index (κ1) is 18.3. The smallest absolute Gasteiger partial charge is 0.217 e. The Hall–Kier alpha value is 1.27. The molecule has 0 saturated carbocycles. The molecule has 1 amide bonds. The molecule has 1 rings (SSSR count). The van der Waals surface area contributed by atoms with Gasteiger partial charge in [-0.2, -0.15) is 0 Å². The second-order valence-electron chi connectivity index (χ2n) is 3.96. The molecule has 0 bridgehead atoms. The van der Waals surface area contributed by atoms with Gasteiger partial charge in [-0.3, -0.25) is 4.79 Å². The molecular formula is C12H21NOS2Y-2. The minimum absolute atomic E-state index is 0. The van der Waals surface area contributed by atoms with Gasteiger partial charge < -0.3 is 18.7 Å². The first-order valence-corrected chi connectivity index (χ1v) is 8.30. The quantitative estimate of drug-likeness (QED) is 0.400. The van der Waals surface area contributed by atoms with E-state index in [-0.39, 0.29) is 38.6 Å². The Morgan fingerprint density at radius 2 is 2.00 bits per heavy atom. The first-order chi connectivity index (χ1) is 7.77. The summed E-state index contributed by atoms with van der Waals surface area (Å²) in [4.78, 5) is 13.3. The van der Waals surface area contributed by atoms with Crippen LogP contribution in [-0.4, -0.2) is 34.9 Å². The van der Waals surface area contributed by atoms with Crippen LogP contribution in [0.4, 0.5) is 0 Å². The van der Waals surface area contributed by atoms with E-state index >= 15 is 0 Å². The summed E-state index contributed by atoms with van der Waals surface area (Å²) in [7, 11) is 4.00. The van der Waals surface area contributed by atoms with Crippen LogP contribution in [0.5, 0.6) is 0 Å². The Morgan fingerprint density at radius 3 is 2.53 bits per heavy atom. The van der Waals surface area contributed by atoms with Crippen LogP contribution in [0.25, 0.3) is 0 Å². The van der Waals surface area contributed by atoms with Gasteiger partial charge in [-0.15, -0.1) is 13.1 Å². The number of carbonyl (C=O) groups excluding carboxylic acids is 1. The minimum atomic E-state index is 0. The summed E-state index contributed by atoms with van der Waals surface area (Å²) in [6.07, 6.45) is 5.45. The zero-order valence-electron chi connectivity index (χ0n) is 10.4. The molecule has 0 spiro atoms. The number of hydrogen-bond donors (Lipinski definition) is 0. The minimum Gasteiger partial charge on any atom is -0.403 e. The van der Waals surface area contributed by atoms with Crippen molar-refractivity contribution in [3.8, 4) is 0 Å². The van der Waals surface area contributed by atoms with Crippen molar-refractivity contribution in [3.05, 3.63) is 13.8 Å². The Bertz CT molecular complexity index is 207. The van der Waals surface area contributed by atoms with Crippen LogP contribution in [0.2, 0.25) is 0 Å². The fourth-order valence-corrected chi connectivity index (χ4v) is 4.76. The van der Waals surface area contributed by atoms with Gasteiger partial charge in [0.1, 0.15) is 0 Å². The Kier molecular flexibility index (Phi) is 12.0. The second kappa shape index (κ2) is 11.1. The van der Waals surface area contributed by atoms with Crippen molar-refractivity contribution < 1.29 is 37.5 Å². The number of amides is 1. The maximum Gasteiger partial charge on any atom is 0.217 e. The van der Waals surface area contributed by atoms with E-state index in [1.807, 2.05) is 21.6 Å². The van der Waals surface area contributed by atoms with E-state index in [0.29, 0.717) is 19.5 Å². The maximum atomic E-state index is 11.6. The number of rotatable bonds is 7. The molecule has 5 heteroatoms. The van der Waals surface area contributed by atoms with Crippen molar-refractivity contribution in [2.75, 3.05) is 18.8 Å². The molecule has 97 valence electrons. The van der Waals surface area contributed by atoms with E-state index in [9.17, 15) is 4.79 Å². The fraction of sp³-hybridized carbons (Fsp3) is 0.750. The molecule has 1 radical (unpaired) electrons. The summed E-state index contributed by atoms with van der Waals surface area (Å²) in [5.74, 6) is 1.50. The van der Waals surface area contributed by atoms with Crippen molar-refractivity contribution in [1.29, 1.82) is 0 Å². The third-order valence-corrected chi connectivity index (χ3v) is 5.79. The summed E-state index contributed by atoms with van der Waals surface area (Å²) >= 11 is 0. The molecule has 17 heavy (non-hydrogen) atoms. The van der Waals surface area contributed by atoms with Crippen LogP contribution in [-0.2, 0) is 37.5 Å². The van der Waals surface area contributed by atoms with E-state index in [1.165, 1.54) is 25.0 Å². The van der Waals surface area contributed by atoms with Gasteiger partial charge in [0.05, 0.1) is 0 Å². The van der Waals surface area contributed by atoms with E-state index in [4.69, 9.17) is 0 Å².